The smallest absolute Gasteiger partial charge is 0.132 e. The van der Waals surface area contributed by atoms with Crippen LogP contribution in [0.5, 0.6) is 0 Å². The summed E-state index contributed by atoms with van der Waals surface area (Å²) in [5, 5.41) is 0. The summed E-state index contributed by atoms with van der Waals surface area (Å²) < 4.78 is 5.44. The number of hydrogen-bond donors (Lipinski definition) is 0. The third-order valence-electron chi connectivity index (χ3n) is 6.14. The molecule has 0 radical (unpaired) electrons. The topological polar surface area (TPSA) is 44.7 Å². The van der Waals surface area contributed by atoms with Crippen molar-refractivity contribution in [1.82, 2.24) is 19.8 Å². The van der Waals surface area contributed by atoms with E-state index < -0.39 is 0 Å². The molecule has 0 amide bonds. The highest BCUT2D eigenvalue weighted by atomic mass is 16.5. The lowest BCUT2D eigenvalue weighted by atomic mass is 9.92. The minimum atomic E-state index is 0.0730. The number of anilines is 1. The van der Waals surface area contributed by atoms with Crippen molar-refractivity contribution in [2.75, 3.05) is 70.5 Å². The molecule has 1 aromatic rings. The van der Waals surface area contributed by atoms with E-state index in [9.17, 15) is 0 Å². The Hall–Kier alpha value is -1.24. The van der Waals surface area contributed by atoms with Crippen molar-refractivity contribution in [3.05, 3.63) is 18.1 Å². The van der Waals surface area contributed by atoms with Crippen molar-refractivity contribution in [3.8, 4) is 0 Å². The highest BCUT2D eigenvalue weighted by Crippen LogP contribution is 2.34. The molecule has 0 N–H and O–H groups in total. The molecule has 0 bridgehead atoms. The maximum Gasteiger partial charge on any atom is 0.132 e. The molecular weight excluding hydrogens is 326 g/mol. The Kier molecular flexibility index (Phi) is 5.17. The predicted octanol–water partition coefficient (Wildman–Crippen LogP) is 1.47. The van der Waals surface area contributed by atoms with Crippen molar-refractivity contribution in [2.24, 2.45) is 11.8 Å². The summed E-state index contributed by atoms with van der Waals surface area (Å²) in [6.07, 6.45) is 1.73. The number of hydrogen-bond acceptors (Lipinski definition) is 6. The van der Waals surface area contributed by atoms with Gasteiger partial charge in [-0.3, -0.25) is 4.90 Å². The van der Waals surface area contributed by atoms with Crippen LogP contribution in [0, 0.1) is 11.8 Å². The molecule has 3 fully saturated rings. The number of rotatable bonds is 4. The van der Waals surface area contributed by atoms with Gasteiger partial charge in [0.2, 0.25) is 0 Å². The van der Waals surface area contributed by atoms with E-state index in [0.29, 0.717) is 0 Å². The lowest BCUT2D eigenvalue weighted by Gasteiger charge is -2.29. The third kappa shape index (κ3) is 4.02. The van der Waals surface area contributed by atoms with Gasteiger partial charge in [0.05, 0.1) is 18.9 Å². The first-order valence-corrected chi connectivity index (χ1v) is 10.1. The van der Waals surface area contributed by atoms with Gasteiger partial charge in [0.15, 0.2) is 0 Å². The van der Waals surface area contributed by atoms with E-state index in [1.54, 1.807) is 6.33 Å². The number of morpholine rings is 1. The quantitative estimate of drug-likeness (QED) is 0.811. The van der Waals surface area contributed by atoms with Crippen molar-refractivity contribution in [1.29, 1.82) is 0 Å². The van der Waals surface area contributed by atoms with Gasteiger partial charge < -0.3 is 14.5 Å². The molecule has 2 unspecified atom stereocenters. The highest BCUT2D eigenvalue weighted by Gasteiger charge is 2.40. The zero-order valence-corrected chi connectivity index (χ0v) is 16.5. The van der Waals surface area contributed by atoms with Crippen molar-refractivity contribution in [3.63, 3.8) is 0 Å². The van der Waals surface area contributed by atoms with Crippen molar-refractivity contribution >= 4 is 5.82 Å². The Bertz CT molecular complexity index is 596. The van der Waals surface area contributed by atoms with Crippen LogP contribution >= 0.6 is 0 Å². The summed E-state index contributed by atoms with van der Waals surface area (Å²) in [5.41, 5.74) is 1.20. The molecule has 0 aliphatic carbocycles. The van der Waals surface area contributed by atoms with Crippen LogP contribution in [0.1, 0.15) is 26.5 Å². The zero-order chi connectivity index (χ0) is 18.1. The number of aromatic nitrogens is 2. The molecule has 1 aromatic heterocycles. The molecule has 3 aliphatic rings. The molecule has 26 heavy (non-hydrogen) atoms. The minimum absolute atomic E-state index is 0.0730. The molecule has 0 saturated carbocycles. The molecule has 4 heterocycles. The van der Waals surface area contributed by atoms with Crippen LogP contribution < -0.4 is 4.90 Å². The maximum atomic E-state index is 5.44. The Labute approximate surface area is 157 Å². The molecule has 4 rings (SSSR count). The molecule has 0 aromatic carbocycles. The van der Waals surface area contributed by atoms with E-state index in [0.717, 1.165) is 62.7 Å². The lowest BCUT2D eigenvalue weighted by Crippen LogP contribution is -2.41. The average Bonchev–Trinajstić information content (AvgIpc) is 3.19. The summed E-state index contributed by atoms with van der Waals surface area (Å²) in [4.78, 5) is 16.7. The molecule has 2 atom stereocenters. The van der Waals surface area contributed by atoms with Crippen molar-refractivity contribution in [2.45, 2.75) is 26.2 Å². The van der Waals surface area contributed by atoms with E-state index in [2.05, 4.69) is 51.5 Å². The van der Waals surface area contributed by atoms with Crippen LogP contribution in [0.15, 0.2) is 12.4 Å². The highest BCUT2D eigenvalue weighted by molar-refractivity contribution is 5.42. The monoisotopic (exact) mass is 359 g/mol. The fraction of sp³-hybridized carbons (Fsp3) is 0.800. The second-order valence-electron chi connectivity index (χ2n) is 9.15. The second kappa shape index (κ2) is 7.41. The van der Waals surface area contributed by atoms with Crippen LogP contribution in [-0.2, 0) is 10.2 Å². The predicted molar refractivity (Wildman–Crippen MR) is 104 cm³/mol. The first kappa shape index (κ1) is 18.1. The summed E-state index contributed by atoms with van der Waals surface area (Å²) in [5.74, 6) is 2.68. The molecule has 0 spiro atoms. The fourth-order valence-electron chi connectivity index (χ4n) is 4.50. The van der Waals surface area contributed by atoms with Crippen LogP contribution in [0.3, 0.4) is 0 Å². The van der Waals surface area contributed by atoms with Crippen LogP contribution in [0.4, 0.5) is 5.82 Å². The Balaban J connectivity index is 1.29. The fourth-order valence-corrected chi connectivity index (χ4v) is 4.50. The SMILES string of the molecule is CC(C)(C)c1cc(N2CC3CN(CCN4CCOCC4)CC3C2)ncn1. The molecule has 6 nitrogen and oxygen atoms in total. The van der Waals surface area contributed by atoms with Gasteiger partial charge in [-0.25, -0.2) is 9.97 Å². The Morgan fingerprint density at radius 2 is 1.62 bits per heavy atom. The van der Waals surface area contributed by atoms with Gasteiger partial charge in [0, 0.05) is 63.8 Å². The molecular formula is C20H33N5O. The van der Waals surface area contributed by atoms with Crippen LogP contribution in [0.2, 0.25) is 0 Å². The van der Waals surface area contributed by atoms with Gasteiger partial charge in [0.25, 0.3) is 0 Å². The van der Waals surface area contributed by atoms with E-state index in [1.807, 2.05) is 0 Å². The van der Waals surface area contributed by atoms with Crippen LogP contribution in [-0.4, -0.2) is 85.3 Å². The number of nitrogens with zero attached hydrogens (tertiary/aromatic N) is 5. The van der Waals surface area contributed by atoms with Gasteiger partial charge in [-0.15, -0.1) is 0 Å². The number of ether oxygens (including phenoxy) is 1. The Morgan fingerprint density at radius 1 is 0.962 bits per heavy atom. The minimum Gasteiger partial charge on any atom is -0.379 e. The third-order valence-corrected chi connectivity index (χ3v) is 6.14. The largest absolute Gasteiger partial charge is 0.379 e. The number of fused-ring (bicyclic) bond motifs is 1. The Morgan fingerprint density at radius 3 is 2.27 bits per heavy atom. The molecule has 3 aliphatic heterocycles. The van der Waals surface area contributed by atoms with E-state index in [-0.39, 0.29) is 5.41 Å². The maximum absolute atomic E-state index is 5.44. The van der Waals surface area contributed by atoms with E-state index in [4.69, 9.17) is 4.74 Å². The molecule has 144 valence electrons. The van der Waals surface area contributed by atoms with Gasteiger partial charge >= 0.3 is 0 Å². The summed E-state index contributed by atoms with van der Waals surface area (Å²) in [6.45, 7) is 17.8. The van der Waals surface area contributed by atoms with E-state index >= 15 is 0 Å². The lowest BCUT2D eigenvalue weighted by molar-refractivity contribution is 0.0341. The van der Waals surface area contributed by atoms with E-state index in [1.165, 1.54) is 26.2 Å². The first-order chi connectivity index (χ1) is 12.5. The summed E-state index contributed by atoms with van der Waals surface area (Å²) in [6, 6.07) is 2.19. The van der Waals surface area contributed by atoms with Gasteiger partial charge in [-0.2, -0.15) is 0 Å². The standard InChI is InChI=1S/C20H33N5O/c1-20(2,3)18-10-19(22-15-21-18)25-13-16-11-24(12-17(16)14-25)5-4-23-6-8-26-9-7-23/h10,15-17H,4-9,11-14H2,1-3H3. The molecule has 6 heteroatoms. The zero-order valence-electron chi connectivity index (χ0n) is 16.5. The second-order valence-corrected chi connectivity index (χ2v) is 9.15. The van der Waals surface area contributed by atoms with Crippen LogP contribution in [0.25, 0.3) is 0 Å². The summed E-state index contributed by atoms with van der Waals surface area (Å²) >= 11 is 0. The normalized spacial score (nSPS) is 27.9. The van der Waals surface area contributed by atoms with Crippen molar-refractivity contribution < 1.29 is 4.74 Å². The average molecular weight is 360 g/mol. The van der Waals surface area contributed by atoms with Gasteiger partial charge in [-0.05, 0) is 11.8 Å². The summed E-state index contributed by atoms with van der Waals surface area (Å²) in [7, 11) is 0. The van der Waals surface area contributed by atoms with Gasteiger partial charge in [0.1, 0.15) is 12.1 Å². The van der Waals surface area contributed by atoms with Gasteiger partial charge in [-0.1, -0.05) is 20.8 Å². The first-order valence-electron chi connectivity index (χ1n) is 10.1. The molecule has 3 saturated heterocycles. The number of likely N-dealkylation sites (tertiary alicyclic amines) is 1.